The van der Waals surface area contributed by atoms with Crippen LogP contribution in [0.25, 0.3) is 0 Å². The van der Waals surface area contributed by atoms with E-state index in [4.69, 9.17) is 0 Å². The van der Waals surface area contributed by atoms with Crippen molar-refractivity contribution in [1.82, 2.24) is 20.2 Å². The highest BCUT2D eigenvalue weighted by Crippen LogP contribution is 2.16. The Balaban J connectivity index is 1.57. The predicted molar refractivity (Wildman–Crippen MR) is 96.2 cm³/mol. The van der Waals surface area contributed by atoms with Gasteiger partial charge in [0.25, 0.3) is 0 Å². The van der Waals surface area contributed by atoms with Crippen LogP contribution in [-0.4, -0.2) is 46.6 Å². The van der Waals surface area contributed by atoms with Gasteiger partial charge in [-0.15, -0.1) is 11.3 Å². The van der Waals surface area contributed by atoms with E-state index in [0.29, 0.717) is 13.1 Å². The van der Waals surface area contributed by atoms with Crippen molar-refractivity contribution in [2.45, 2.75) is 32.4 Å². The minimum atomic E-state index is 0.00623. The fraction of sp³-hybridized carbons (Fsp3) is 0.471. The van der Waals surface area contributed by atoms with E-state index in [9.17, 15) is 4.79 Å². The number of aromatic nitrogens is 2. The van der Waals surface area contributed by atoms with Crippen molar-refractivity contribution in [2.75, 3.05) is 24.5 Å². The van der Waals surface area contributed by atoms with Crippen LogP contribution in [0.4, 0.5) is 10.7 Å². The maximum atomic E-state index is 12.6. The Hall–Kier alpha value is -2.15. The minimum Gasteiger partial charge on any atom is -0.339 e. The molecule has 0 aromatic carbocycles. The molecule has 128 valence electrons. The van der Waals surface area contributed by atoms with Crippen LogP contribution in [0.15, 0.2) is 36.0 Å². The van der Waals surface area contributed by atoms with Crippen LogP contribution in [0.1, 0.15) is 24.6 Å². The number of nitrogens with zero attached hydrogens (tertiary/aromatic N) is 4. The molecule has 0 spiro atoms. The van der Waals surface area contributed by atoms with Gasteiger partial charge in [0.2, 0.25) is 5.95 Å². The number of urea groups is 1. The summed E-state index contributed by atoms with van der Waals surface area (Å²) in [5.41, 5.74) is 0. The summed E-state index contributed by atoms with van der Waals surface area (Å²) in [4.78, 5) is 26.4. The molecule has 2 aromatic rings. The molecule has 0 aliphatic carbocycles. The van der Waals surface area contributed by atoms with Crippen LogP contribution < -0.4 is 10.2 Å². The lowest BCUT2D eigenvalue weighted by atomic mass is 10.1. The molecule has 0 bridgehead atoms. The third-order valence-corrected chi connectivity index (χ3v) is 5.04. The Morgan fingerprint density at radius 2 is 2.25 bits per heavy atom. The fourth-order valence-electron chi connectivity index (χ4n) is 2.91. The smallest absolute Gasteiger partial charge is 0.317 e. The first kappa shape index (κ1) is 16.7. The van der Waals surface area contributed by atoms with E-state index in [1.807, 2.05) is 29.3 Å². The van der Waals surface area contributed by atoms with Gasteiger partial charge in [0.05, 0.1) is 6.54 Å². The van der Waals surface area contributed by atoms with Crippen LogP contribution in [0.3, 0.4) is 0 Å². The van der Waals surface area contributed by atoms with Gasteiger partial charge in [0, 0.05) is 42.9 Å². The molecule has 6 nitrogen and oxygen atoms in total. The SMILES string of the molecule is CCN(Cc1cccs1)C(=O)N[C@@H]1CCCN(c2ncccn2)C1. The molecule has 3 rings (SSSR count). The second-order valence-electron chi connectivity index (χ2n) is 5.88. The molecule has 1 saturated heterocycles. The first-order valence-corrected chi connectivity index (χ1v) is 9.24. The molecule has 1 atom stereocenters. The summed E-state index contributed by atoms with van der Waals surface area (Å²) in [6.45, 7) is 5.06. The summed E-state index contributed by atoms with van der Waals surface area (Å²) < 4.78 is 0. The van der Waals surface area contributed by atoms with Gasteiger partial charge in [-0.05, 0) is 37.3 Å². The van der Waals surface area contributed by atoms with Gasteiger partial charge in [-0.1, -0.05) is 6.07 Å². The maximum Gasteiger partial charge on any atom is 0.317 e. The predicted octanol–water partition coefficient (Wildman–Crippen LogP) is 2.74. The van der Waals surface area contributed by atoms with E-state index >= 15 is 0 Å². The summed E-state index contributed by atoms with van der Waals surface area (Å²) in [5.74, 6) is 0.738. The monoisotopic (exact) mass is 345 g/mol. The summed E-state index contributed by atoms with van der Waals surface area (Å²) >= 11 is 1.68. The number of amides is 2. The number of carbonyl (C=O) groups is 1. The zero-order chi connectivity index (χ0) is 16.8. The standard InChI is InChI=1S/C17H23N5OS/c1-2-21(13-15-7-4-11-24-15)17(23)20-14-6-3-10-22(12-14)16-18-8-5-9-19-16/h4-5,7-9,11,14H,2-3,6,10,12-13H2,1H3,(H,20,23)/t14-/m1/s1. The summed E-state index contributed by atoms with van der Waals surface area (Å²) in [7, 11) is 0. The molecule has 2 aromatic heterocycles. The second-order valence-corrected chi connectivity index (χ2v) is 6.91. The summed E-state index contributed by atoms with van der Waals surface area (Å²) in [5, 5.41) is 5.22. The van der Waals surface area contributed by atoms with Gasteiger partial charge in [-0.25, -0.2) is 14.8 Å². The molecular weight excluding hydrogens is 322 g/mol. The molecule has 24 heavy (non-hydrogen) atoms. The number of piperidine rings is 1. The van der Waals surface area contributed by atoms with Crippen molar-refractivity contribution in [1.29, 1.82) is 0 Å². The molecule has 7 heteroatoms. The average molecular weight is 345 g/mol. The summed E-state index contributed by atoms with van der Waals surface area (Å²) in [6, 6.07) is 6.04. The topological polar surface area (TPSA) is 61.4 Å². The number of thiophene rings is 1. The van der Waals surface area contributed by atoms with Crippen molar-refractivity contribution in [3.8, 4) is 0 Å². The Kier molecular flexibility index (Phi) is 5.63. The molecule has 3 heterocycles. The Morgan fingerprint density at radius 3 is 2.96 bits per heavy atom. The van der Waals surface area contributed by atoms with E-state index < -0.39 is 0 Å². The van der Waals surface area contributed by atoms with Gasteiger partial charge in [-0.3, -0.25) is 0 Å². The quantitative estimate of drug-likeness (QED) is 0.905. The number of carbonyl (C=O) groups excluding carboxylic acids is 1. The molecule has 0 saturated carbocycles. The van der Waals surface area contributed by atoms with Gasteiger partial charge < -0.3 is 15.1 Å². The number of rotatable bonds is 5. The largest absolute Gasteiger partial charge is 0.339 e. The Morgan fingerprint density at radius 1 is 1.42 bits per heavy atom. The van der Waals surface area contributed by atoms with Crippen LogP contribution in [-0.2, 0) is 6.54 Å². The zero-order valence-electron chi connectivity index (χ0n) is 13.9. The first-order valence-electron chi connectivity index (χ1n) is 8.36. The normalized spacial score (nSPS) is 17.5. The van der Waals surface area contributed by atoms with Gasteiger partial charge in [-0.2, -0.15) is 0 Å². The van der Waals surface area contributed by atoms with Crippen LogP contribution in [0.2, 0.25) is 0 Å². The lowest BCUT2D eigenvalue weighted by Crippen LogP contribution is -2.51. The van der Waals surface area contributed by atoms with Gasteiger partial charge >= 0.3 is 6.03 Å². The van der Waals surface area contributed by atoms with Crippen molar-refractivity contribution >= 4 is 23.3 Å². The molecule has 2 amide bonds. The molecule has 1 aliphatic rings. The third kappa shape index (κ3) is 4.23. The second kappa shape index (κ2) is 8.10. The zero-order valence-corrected chi connectivity index (χ0v) is 14.7. The molecule has 0 radical (unpaired) electrons. The number of nitrogens with one attached hydrogen (secondary N) is 1. The van der Waals surface area contributed by atoms with E-state index in [1.165, 1.54) is 4.88 Å². The fourth-order valence-corrected chi connectivity index (χ4v) is 3.63. The number of hydrogen-bond donors (Lipinski definition) is 1. The molecular formula is C17H23N5OS. The molecule has 1 aliphatic heterocycles. The van der Waals surface area contributed by atoms with Crippen molar-refractivity contribution in [3.63, 3.8) is 0 Å². The van der Waals surface area contributed by atoms with Crippen molar-refractivity contribution < 1.29 is 4.79 Å². The molecule has 1 fully saturated rings. The van der Waals surface area contributed by atoms with Crippen LogP contribution in [0, 0.1) is 0 Å². The minimum absolute atomic E-state index is 0.00623. The lowest BCUT2D eigenvalue weighted by Gasteiger charge is -2.34. The van der Waals surface area contributed by atoms with Crippen LogP contribution in [0.5, 0.6) is 0 Å². The maximum absolute atomic E-state index is 12.6. The summed E-state index contributed by atoms with van der Waals surface area (Å²) in [6.07, 6.45) is 5.53. The van der Waals surface area contributed by atoms with Crippen molar-refractivity contribution in [3.05, 3.63) is 40.8 Å². The molecule has 0 unspecified atom stereocenters. The number of anilines is 1. The van der Waals surface area contributed by atoms with Gasteiger partial charge in [0.15, 0.2) is 0 Å². The van der Waals surface area contributed by atoms with Gasteiger partial charge in [0.1, 0.15) is 0 Å². The molecule has 1 N–H and O–H groups in total. The highest BCUT2D eigenvalue weighted by Gasteiger charge is 2.24. The lowest BCUT2D eigenvalue weighted by molar-refractivity contribution is 0.192. The average Bonchev–Trinajstić information content (AvgIpc) is 3.14. The Labute approximate surface area is 146 Å². The number of hydrogen-bond acceptors (Lipinski definition) is 5. The Bertz CT molecular complexity index is 634. The first-order chi connectivity index (χ1) is 11.8. The van der Waals surface area contributed by atoms with E-state index in [0.717, 1.165) is 31.9 Å². The highest BCUT2D eigenvalue weighted by atomic mass is 32.1. The van der Waals surface area contributed by atoms with Crippen LogP contribution >= 0.6 is 11.3 Å². The highest BCUT2D eigenvalue weighted by molar-refractivity contribution is 7.09. The van der Waals surface area contributed by atoms with E-state index in [1.54, 1.807) is 23.7 Å². The van der Waals surface area contributed by atoms with E-state index in [2.05, 4.69) is 26.3 Å². The third-order valence-electron chi connectivity index (χ3n) is 4.18. The van der Waals surface area contributed by atoms with E-state index in [-0.39, 0.29) is 12.1 Å². The van der Waals surface area contributed by atoms with Crippen molar-refractivity contribution in [2.24, 2.45) is 0 Å².